The van der Waals surface area contributed by atoms with Gasteiger partial charge in [0.05, 0.1) is 5.88 Å². The Morgan fingerprint density at radius 3 is 1.38 bits per heavy atom. The lowest BCUT2D eigenvalue weighted by Gasteiger charge is -2.34. The summed E-state index contributed by atoms with van der Waals surface area (Å²) >= 11 is 5.48. The van der Waals surface area contributed by atoms with E-state index in [0.717, 1.165) is 28.4 Å². The van der Waals surface area contributed by atoms with Crippen molar-refractivity contribution in [1.29, 1.82) is 0 Å². The van der Waals surface area contributed by atoms with Crippen LogP contribution in [-0.2, 0) is 27.2 Å². The molecule has 0 saturated carbocycles. The van der Waals surface area contributed by atoms with Gasteiger partial charge in [-0.1, -0.05) is 0 Å². The molecule has 0 aromatic rings. The summed E-state index contributed by atoms with van der Waals surface area (Å²) in [5, 5.41) is 7.54. The first-order valence-corrected chi connectivity index (χ1v) is 7.64. The van der Waals surface area contributed by atoms with Gasteiger partial charge in [-0.05, 0) is 0 Å². The second-order valence-corrected chi connectivity index (χ2v) is 8.18. The first kappa shape index (κ1) is 16.6. The molecule has 0 bridgehead atoms. The Labute approximate surface area is 99.0 Å². The fourth-order valence-corrected chi connectivity index (χ4v) is 5.85. The van der Waals surface area contributed by atoms with Crippen LogP contribution in [-0.4, -0.2) is 44.5 Å². The fraction of sp³-hybridized carbons (Fsp3) is 1.00. The minimum atomic E-state index is -4.15. The van der Waals surface area contributed by atoms with Crippen molar-refractivity contribution in [3.8, 4) is 0 Å². The monoisotopic (exact) mass is 296 g/mol. The number of hydrogen-bond donors (Lipinski definition) is 1. The number of alkyl halides is 1. The van der Waals surface area contributed by atoms with E-state index < -0.39 is 26.2 Å². The maximum atomic E-state index is 12.1. The van der Waals surface area contributed by atoms with Crippen LogP contribution in [0.25, 0.3) is 0 Å². The molecule has 7 nitrogen and oxygen atoms in total. The lowest BCUT2D eigenvalue weighted by molar-refractivity contribution is 0.118. The number of aliphatic hydroxyl groups is 1. The van der Waals surface area contributed by atoms with Crippen LogP contribution in [0.1, 0.15) is 0 Å². The highest BCUT2D eigenvalue weighted by atomic mass is 35.5. The second-order valence-electron chi connectivity index (χ2n) is 2.63. The summed E-state index contributed by atoms with van der Waals surface area (Å²) in [5.41, 5.74) is 0. The quantitative estimate of drug-likeness (QED) is 0.566. The molecule has 0 aliphatic carbocycles. The van der Waals surface area contributed by atoms with Gasteiger partial charge in [-0.25, -0.2) is 0 Å². The van der Waals surface area contributed by atoms with Crippen LogP contribution < -0.4 is 0 Å². The molecule has 0 radical (unpaired) electrons. The van der Waals surface area contributed by atoms with E-state index in [1.54, 1.807) is 0 Å². The minimum Gasteiger partial charge on any atom is -0.367 e. The summed E-state index contributed by atoms with van der Waals surface area (Å²) in [4.78, 5) is 0. The summed E-state index contributed by atoms with van der Waals surface area (Å²) in [6.07, 6.45) is 0. The second kappa shape index (κ2) is 5.94. The van der Waals surface area contributed by atoms with Crippen LogP contribution in [0, 0.1) is 0 Å². The van der Waals surface area contributed by atoms with E-state index in [0.29, 0.717) is 0 Å². The van der Waals surface area contributed by atoms with Crippen molar-refractivity contribution in [3.05, 3.63) is 0 Å². The van der Waals surface area contributed by atoms with Crippen LogP contribution in [0.4, 0.5) is 0 Å². The van der Waals surface area contributed by atoms with Gasteiger partial charge in [-0.2, -0.15) is 0 Å². The largest absolute Gasteiger partial charge is 0.375 e. The van der Waals surface area contributed by atoms with E-state index in [9.17, 15) is 14.2 Å². The highest BCUT2D eigenvalue weighted by Gasteiger charge is 2.63. The number of hydrogen-bond acceptors (Lipinski definition) is 7. The maximum Gasteiger partial charge on any atom is 0.375 e. The summed E-state index contributed by atoms with van der Waals surface area (Å²) in [5.74, 6) is -0.703. The van der Waals surface area contributed by atoms with Crippen LogP contribution in [0.2, 0.25) is 0 Å². The van der Waals surface area contributed by atoms with Crippen molar-refractivity contribution < 1.29 is 32.3 Å². The lowest BCUT2D eigenvalue weighted by Crippen LogP contribution is -2.33. The average Bonchev–Trinajstić information content (AvgIpc) is 2.35. The van der Waals surface area contributed by atoms with Gasteiger partial charge in [0, 0.05) is 28.4 Å². The van der Waals surface area contributed by atoms with Crippen LogP contribution >= 0.6 is 26.8 Å². The van der Waals surface area contributed by atoms with Crippen LogP contribution in [0.15, 0.2) is 0 Å². The zero-order valence-corrected chi connectivity index (χ0v) is 11.9. The Hall–Kier alpha value is 0.550. The predicted molar refractivity (Wildman–Crippen MR) is 58.9 cm³/mol. The SMILES string of the molecule is COP(=O)(OC)C(O)(CCl)P(=O)(OC)OC. The lowest BCUT2D eigenvalue weighted by atomic mass is 10.8. The maximum absolute atomic E-state index is 12.1. The van der Waals surface area contributed by atoms with Gasteiger partial charge >= 0.3 is 15.2 Å². The Bertz CT molecular complexity index is 278. The molecule has 0 heterocycles. The summed E-state index contributed by atoms with van der Waals surface area (Å²) in [6, 6.07) is 0. The minimum absolute atomic E-state index is 0.703. The number of rotatable bonds is 7. The molecular formula is C6H15ClO7P2. The van der Waals surface area contributed by atoms with Crippen molar-refractivity contribution in [2.24, 2.45) is 0 Å². The highest BCUT2D eigenvalue weighted by molar-refractivity contribution is 7.74. The van der Waals surface area contributed by atoms with Gasteiger partial charge < -0.3 is 23.2 Å². The molecule has 16 heavy (non-hydrogen) atoms. The van der Waals surface area contributed by atoms with Crippen LogP contribution in [0.5, 0.6) is 0 Å². The van der Waals surface area contributed by atoms with Gasteiger partial charge in [-0.15, -0.1) is 11.6 Å². The predicted octanol–water partition coefficient (Wildman–Crippen LogP) is 1.84. The van der Waals surface area contributed by atoms with Gasteiger partial charge in [0.2, 0.25) is 0 Å². The van der Waals surface area contributed by atoms with E-state index in [1.807, 2.05) is 0 Å². The molecule has 0 saturated heterocycles. The third kappa shape index (κ3) is 2.37. The van der Waals surface area contributed by atoms with Crippen molar-refractivity contribution in [2.45, 2.75) is 5.08 Å². The van der Waals surface area contributed by atoms with E-state index in [2.05, 4.69) is 18.1 Å². The molecule has 0 fully saturated rings. The van der Waals surface area contributed by atoms with E-state index in [4.69, 9.17) is 11.6 Å². The van der Waals surface area contributed by atoms with Crippen molar-refractivity contribution >= 4 is 26.8 Å². The Balaban J connectivity index is 5.69. The molecule has 0 aliphatic rings. The summed E-state index contributed by atoms with van der Waals surface area (Å²) < 4.78 is 42.4. The molecule has 0 amide bonds. The average molecular weight is 297 g/mol. The fourth-order valence-electron chi connectivity index (χ4n) is 1.03. The molecule has 0 spiro atoms. The van der Waals surface area contributed by atoms with E-state index in [1.165, 1.54) is 0 Å². The standard InChI is InChI=1S/C6H15ClO7P2/c1-11-15(9,12-2)6(8,5-7)16(10,13-3)14-4/h8H,5H2,1-4H3. The molecular weight excluding hydrogens is 281 g/mol. The van der Waals surface area contributed by atoms with Crippen molar-refractivity contribution in [2.75, 3.05) is 34.3 Å². The van der Waals surface area contributed by atoms with Gasteiger partial charge in [0.15, 0.2) is 0 Å². The summed E-state index contributed by atoms with van der Waals surface area (Å²) in [6.45, 7) is 0. The Morgan fingerprint density at radius 2 is 1.25 bits per heavy atom. The molecule has 0 aromatic heterocycles. The van der Waals surface area contributed by atoms with Crippen LogP contribution in [0.3, 0.4) is 0 Å². The van der Waals surface area contributed by atoms with Crippen molar-refractivity contribution in [1.82, 2.24) is 0 Å². The normalized spacial score (nSPS) is 14.1. The van der Waals surface area contributed by atoms with Crippen molar-refractivity contribution in [3.63, 3.8) is 0 Å². The smallest absolute Gasteiger partial charge is 0.367 e. The molecule has 0 rings (SSSR count). The molecule has 0 atom stereocenters. The molecule has 10 heteroatoms. The van der Waals surface area contributed by atoms with Gasteiger partial charge in [-0.3, -0.25) is 9.13 Å². The molecule has 0 aliphatic heterocycles. The Morgan fingerprint density at radius 1 is 1.00 bits per heavy atom. The first-order chi connectivity index (χ1) is 7.30. The first-order valence-electron chi connectivity index (χ1n) is 4.02. The topological polar surface area (TPSA) is 91.3 Å². The molecule has 0 aromatic carbocycles. The zero-order chi connectivity index (χ0) is 13.0. The highest BCUT2D eigenvalue weighted by Crippen LogP contribution is 2.75. The van der Waals surface area contributed by atoms with E-state index >= 15 is 0 Å². The summed E-state index contributed by atoms with van der Waals surface area (Å²) in [7, 11) is -4.19. The number of halogens is 1. The molecule has 0 unspecified atom stereocenters. The zero-order valence-electron chi connectivity index (χ0n) is 9.38. The van der Waals surface area contributed by atoms with Gasteiger partial charge in [0.25, 0.3) is 5.08 Å². The van der Waals surface area contributed by atoms with E-state index in [-0.39, 0.29) is 0 Å². The third-order valence-corrected chi connectivity index (χ3v) is 8.24. The molecule has 98 valence electrons. The Kier molecular flexibility index (Phi) is 6.14. The van der Waals surface area contributed by atoms with Gasteiger partial charge in [0.1, 0.15) is 0 Å². The molecule has 1 N–H and O–H groups in total. The third-order valence-electron chi connectivity index (χ3n) is 2.02.